The van der Waals surface area contributed by atoms with Gasteiger partial charge in [-0.3, -0.25) is 9.20 Å². The van der Waals surface area contributed by atoms with Gasteiger partial charge in [0.25, 0.3) is 5.91 Å². The van der Waals surface area contributed by atoms with E-state index in [1.54, 1.807) is 29.7 Å². The molecule has 0 aliphatic carbocycles. The third-order valence-corrected chi connectivity index (χ3v) is 6.19. The Morgan fingerprint density at radius 2 is 2.00 bits per heavy atom. The fourth-order valence-corrected chi connectivity index (χ4v) is 4.48. The van der Waals surface area contributed by atoms with Gasteiger partial charge in [0.2, 0.25) is 0 Å². The van der Waals surface area contributed by atoms with Crippen LogP contribution in [-0.4, -0.2) is 20.3 Å². The Hall–Kier alpha value is -3.45. The second-order valence-electron chi connectivity index (χ2n) is 6.83. The number of thiazole rings is 1. The van der Waals surface area contributed by atoms with Crippen molar-refractivity contribution in [2.24, 2.45) is 0 Å². The normalized spacial score (nSPS) is 11.4. The van der Waals surface area contributed by atoms with Gasteiger partial charge in [0.15, 0.2) is 4.96 Å². The van der Waals surface area contributed by atoms with Crippen LogP contribution in [0.4, 0.5) is 4.39 Å². The molecule has 5 nitrogen and oxygen atoms in total. The fourth-order valence-electron chi connectivity index (χ4n) is 3.43. The smallest absolute Gasteiger partial charge is 0.253 e. The van der Waals surface area contributed by atoms with Crippen molar-refractivity contribution in [1.82, 2.24) is 19.7 Å². The van der Waals surface area contributed by atoms with Gasteiger partial charge in [-0.1, -0.05) is 29.5 Å². The van der Waals surface area contributed by atoms with Gasteiger partial charge in [-0.15, -0.1) is 0 Å². The molecule has 0 spiro atoms. The van der Waals surface area contributed by atoms with Crippen molar-refractivity contribution in [3.63, 3.8) is 0 Å². The second kappa shape index (κ2) is 6.86. The Balaban J connectivity index is 1.37. The van der Waals surface area contributed by atoms with E-state index < -0.39 is 0 Å². The van der Waals surface area contributed by atoms with E-state index in [-0.39, 0.29) is 11.7 Å². The molecule has 0 unspecified atom stereocenters. The molecular weight excluding hydrogens is 387 g/mol. The van der Waals surface area contributed by atoms with Gasteiger partial charge >= 0.3 is 0 Å². The van der Waals surface area contributed by atoms with Gasteiger partial charge in [-0.25, -0.2) is 9.37 Å². The summed E-state index contributed by atoms with van der Waals surface area (Å²) in [4.78, 5) is 22.3. The number of imidazole rings is 1. The number of aromatic nitrogens is 3. The molecular formula is C22H17FN4OS. The van der Waals surface area contributed by atoms with Crippen LogP contribution >= 0.6 is 11.3 Å². The standard InChI is InChI=1S/C22H17FN4OS/c1-13-20(11-25-21(28)17-10-24-18-5-3-2-4-16(17)18)29-22-26-19(12-27(13)22)14-6-8-15(23)9-7-14/h2-10,12,24H,11H2,1H3,(H,25,28). The van der Waals surface area contributed by atoms with E-state index in [0.717, 1.165) is 37.7 Å². The Kier molecular flexibility index (Phi) is 4.17. The van der Waals surface area contributed by atoms with Crippen LogP contribution in [0, 0.1) is 12.7 Å². The monoisotopic (exact) mass is 404 g/mol. The van der Waals surface area contributed by atoms with E-state index >= 15 is 0 Å². The number of carbonyl (C=O) groups is 1. The summed E-state index contributed by atoms with van der Waals surface area (Å²) in [5.41, 5.74) is 4.28. The Morgan fingerprint density at radius 1 is 1.21 bits per heavy atom. The largest absolute Gasteiger partial charge is 0.360 e. The lowest BCUT2D eigenvalue weighted by molar-refractivity contribution is 0.0953. The first-order valence-corrected chi connectivity index (χ1v) is 9.99. The number of aromatic amines is 1. The highest BCUT2D eigenvalue weighted by Crippen LogP contribution is 2.27. The summed E-state index contributed by atoms with van der Waals surface area (Å²) in [6.45, 7) is 2.44. The van der Waals surface area contributed by atoms with Gasteiger partial charge in [-0.05, 0) is 37.3 Å². The molecule has 0 saturated heterocycles. The number of H-pyrrole nitrogens is 1. The van der Waals surface area contributed by atoms with Crippen LogP contribution in [0.15, 0.2) is 60.9 Å². The van der Waals surface area contributed by atoms with Crippen molar-refractivity contribution in [2.45, 2.75) is 13.5 Å². The van der Waals surface area contributed by atoms with Crippen molar-refractivity contribution in [3.8, 4) is 11.3 Å². The molecule has 29 heavy (non-hydrogen) atoms. The highest BCUT2D eigenvalue weighted by atomic mass is 32.1. The minimum atomic E-state index is -0.265. The maximum absolute atomic E-state index is 13.1. The lowest BCUT2D eigenvalue weighted by Crippen LogP contribution is -2.22. The van der Waals surface area contributed by atoms with Crippen LogP contribution in [-0.2, 0) is 6.54 Å². The van der Waals surface area contributed by atoms with Crippen LogP contribution in [0.5, 0.6) is 0 Å². The average molecular weight is 404 g/mol. The summed E-state index contributed by atoms with van der Waals surface area (Å²) in [6.07, 6.45) is 3.68. The molecule has 5 aromatic rings. The van der Waals surface area contributed by atoms with Gasteiger partial charge in [0.05, 0.1) is 17.8 Å². The number of hydrogen-bond acceptors (Lipinski definition) is 3. The molecule has 0 aliphatic heterocycles. The number of para-hydroxylation sites is 1. The summed E-state index contributed by atoms with van der Waals surface area (Å²) in [7, 11) is 0. The van der Waals surface area contributed by atoms with E-state index in [9.17, 15) is 9.18 Å². The van der Waals surface area contributed by atoms with Crippen LogP contribution in [0.1, 0.15) is 20.9 Å². The van der Waals surface area contributed by atoms with Gasteiger partial charge < -0.3 is 10.3 Å². The molecule has 1 amide bonds. The van der Waals surface area contributed by atoms with E-state index in [4.69, 9.17) is 0 Å². The molecule has 3 aromatic heterocycles. The first kappa shape index (κ1) is 17.6. The molecule has 0 saturated carbocycles. The Morgan fingerprint density at radius 3 is 2.79 bits per heavy atom. The number of nitrogens with one attached hydrogen (secondary N) is 2. The molecule has 5 rings (SSSR count). The lowest BCUT2D eigenvalue weighted by atomic mass is 10.1. The average Bonchev–Trinajstić information content (AvgIpc) is 3.41. The minimum absolute atomic E-state index is 0.111. The summed E-state index contributed by atoms with van der Waals surface area (Å²) >= 11 is 1.54. The van der Waals surface area contributed by atoms with Crippen molar-refractivity contribution in [3.05, 3.63) is 82.9 Å². The molecule has 0 atom stereocenters. The number of halogens is 1. The number of carbonyl (C=O) groups excluding carboxylic acids is 1. The van der Waals surface area contributed by atoms with Crippen molar-refractivity contribution in [1.29, 1.82) is 0 Å². The Labute approximate surface area is 169 Å². The number of rotatable bonds is 4. The maximum atomic E-state index is 13.1. The number of benzene rings is 2. The topological polar surface area (TPSA) is 62.2 Å². The zero-order valence-corrected chi connectivity index (χ0v) is 16.4. The van der Waals surface area contributed by atoms with Crippen LogP contribution in [0.2, 0.25) is 0 Å². The highest BCUT2D eigenvalue weighted by Gasteiger charge is 2.15. The summed E-state index contributed by atoms with van der Waals surface area (Å²) in [6, 6.07) is 14.0. The van der Waals surface area contributed by atoms with Gasteiger partial charge in [0, 0.05) is 39.4 Å². The number of amides is 1. The molecule has 0 bridgehead atoms. The van der Waals surface area contributed by atoms with Crippen molar-refractivity contribution >= 4 is 33.1 Å². The number of fused-ring (bicyclic) bond motifs is 2. The molecule has 0 aliphatic rings. The quantitative estimate of drug-likeness (QED) is 0.447. The SMILES string of the molecule is Cc1c(CNC(=O)c2c[nH]c3ccccc23)sc2nc(-c3ccc(F)cc3)cn12. The summed E-state index contributed by atoms with van der Waals surface area (Å²) < 4.78 is 15.2. The van der Waals surface area contributed by atoms with Crippen molar-refractivity contribution in [2.75, 3.05) is 0 Å². The molecule has 2 aromatic carbocycles. The number of hydrogen-bond donors (Lipinski definition) is 2. The van der Waals surface area contributed by atoms with E-state index in [2.05, 4.69) is 15.3 Å². The third kappa shape index (κ3) is 3.09. The fraction of sp³-hybridized carbons (Fsp3) is 0.0909. The predicted molar refractivity (Wildman–Crippen MR) is 113 cm³/mol. The molecule has 7 heteroatoms. The molecule has 3 heterocycles. The first-order chi connectivity index (χ1) is 14.1. The van der Waals surface area contributed by atoms with Crippen LogP contribution < -0.4 is 5.32 Å². The van der Waals surface area contributed by atoms with Gasteiger partial charge in [-0.2, -0.15) is 0 Å². The first-order valence-electron chi connectivity index (χ1n) is 9.18. The van der Waals surface area contributed by atoms with Crippen LogP contribution in [0.3, 0.4) is 0 Å². The Bertz CT molecular complexity index is 1350. The maximum Gasteiger partial charge on any atom is 0.253 e. The van der Waals surface area contributed by atoms with E-state index in [0.29, 0.717) is 12.1 Å². The molecule has 144 valence electrons. The number of aryl methyl sites for hydroxylation is 1. The number of nitrogens with zero attached hydrogens (tertiary/aromatic N) is 2. The molecule has 0 fully saturated rings. The summed E-state index contributed by atoms with van der Waals surface area (Å²) in [5, 5.41) is 3.92. The van der Waals surface area contributed by atoms with Gasteiger partial charge in [0.1, 0.15) is 5.82 Å². The molecule has 2 N–H and O–H groups in total. The molecule has 0 radical (unpaired) electrons. The third-order valence-electron chi connectivity index (χ3n) is 5.04. The van der Waals surface area contributed by atoms with E-state index in [1.165, 1.54) is 12.1 Å². The van der Waals surface area contributed by atoms with Crippen LogP contribution in [0.25, 0.3) is 27.1 Å². The zero-order valence-electron chi connectivity index (χ0n) is 15.6. The predicted octanol–water partition coefficient (Wildman–Crippen LogP) is 4.92. The van der Waals surface area contributed by atoms with Crippen molar-refractivity contribution < 1.29 is 9.18 Å². The minimum Gasteiger partial charge on any atom is -0.360 e. The second-order valence-corrected chi connectivity index (χ2v) is 7.89. The highest BCUT2D eigenvalue weighted by molar-refractivity contribution is 7.17. The zero-order chi connectivity index (χ0) is 20.0. The summed E-state index contributed by atoms with van der Waals surface area (Å²) in [5.74, 6) is -0.376. The van der Waals surface area contributed by atoms with E-state index in [1.807, 2.05) is 41.8 Å². The lowest BCUT2D eigenvalue weighted by Gasteiger charge is -2.04.